The van der Waals surface area contributed by atoms with E-state index < -0.39 is 17.2 Å². The van der Waals surface area contributed by atoms with Crippen LogP contribution in [0.5, 0.6) is 0 Å². The topological polar surface area (TPSA) is 108 Å². The summed E-state index contributed by atoms with van der Waals surface area (Å²) in [7, 11) is 0. The molecule has 7 nitrogen and oxygen atoms in total. The maximum absolute atomic E-state index is 14.4. The van der Waals surface area contributed by atoms with Gasteiger partial charge in [0.25, 0.3) is 0 Å². The molecule has 1 aliphatic rings. The number of hydrogen-bond donors (Lipinski definition) is 2. The summed E-state index contributed by atoms with van der Waals surface area (Å²) >= 11 is 1.62. The highest BCUT2D eigenvalue weighted by Crippen LogP contribution is 2.36. The van der Waals surface area contributed by atoms with Gasteiger partial charge in [-0.25, -0.2) is 18.7 Å². The van der Waals surface area contributed by atoms with Crippen molar-refractivity contribution < 1.29 is 8.78 Å². The molecule has 3 N–H and O–H groups in total. The highest BCUT2D eigenvalue weighted by atomic mass is 32.1. The number of H-pyrrole nitrogens is 1. The van der Waals surface area contributed by atoms with Crippen LogP contribution in [0.4, 0.5) is 14.7 Å². The Hall–Kier alpha value is -3.94. The highest BCUT2D eigenvalue weighted by Gasteiger charge is 2.35. The first kappa shape index (κ1) is 22.5. The molecule has 0 saturated carbocycles. The molecule has 1 fully saturated rings. The molecule has 180 valence electrons. The van der Waals surface area contributed by atoms with Crippen molar-refractivity contribution in [1.82, 2.24) is 19.9 Å². The molecule has 0 unspecified atom stereocenters. The lowest BCUT2D eigenvalue weighted by Gasteiger charge is -2.39. The smallest absolute Gasteiger partial charge is 0.228 e. The van der Waals surface area contributed by atoms with Crippen molar-refractivity contribution in [2.45, 2.75) is 25.3 Å². The number of hydrogen-bond acceptors (Lipinski definition) is 7. The number of aromatic nitrogens is 4. The minimum absolute atomic E-state index is 0.279. The SMILES string of the molecule is Cc1nc2ccc(-c3c[nH]c4nc(N5CCC(N)(c6ccc(F)cc6F)CC5)nc(C#N)c34)cc2s1. The van der Waals surface area contributed by atoms with E-state index in [9.17, 15) is 14.0 Å². The van der Waals surface area contributed by atoms with Gasteiger partial charge >= 0.3 is 0 Å². The maximum atomic E-state index is 14.4. The van der Waals surface area contributed by atoms with E-state index in [1.54, 1.807) is 11.3 Å². The Kier molecular flexibility index (Phi) is 5.21. The van der Waals surface area contributed by atoms with Gasteiger partial charge in [-0.1, -0.05) is 12.1 Å². The molecule has 1 saturated heterocycles. The molecule has 0 radical (unpaired) electrons. The standard InChI is InChI=1S/C26H21F2N7S/c1-14-32-20-5-2-15(10-22(20)36-14)17-13-31-24-23(17)21(12-29)33-25(34-24)35-8-6-26(30,7-9-35)18-4-3-16(27)11-19(18)28/h2-5,10-11,13H,6-9,30H2,1H3,(H,31,33,34). The second-order valence-electron chi connectivity index (χ2n) is 9.09. The molecule has 36 heavy (non-hydrogen) atoms. The fourth-order valence-corrected chi connectivity index (χ4v) is 5.81. The molecular weight excluding hydrogens is 480 g/mol. The molecule has 5 aromatic rings. The Labute approximate surface area is 209 Å². The predicted octanol–water partition coefficient (Wildman–Crippen LogP) is 5.15. The Morgan fingerprint density at radius 2 is 1.92 bits per heavy atom. The average molecular weight is 502 g/mol. The fourth-order valence-electron chi connectivity index (χ4n) is 4.95. The fraction of sp³-hybridized carbons (Fsp3) is 0.231. The van der Waals surface area contributed by atoms with Gasteiger partial charge in [0, 0.05) is 42.0 Å². The number of thiazole rings is 1. The van der Waals surface area contributed by atoms with Crippen molar-refractivity contribution >= 4 is 38.5 Å². The average Bonchev–Trinajstić information content (AvgIpc) is 3.45. The summed E-state index contributed by atoms with van der Waals surface area (Å²) in [5, 5.41) is 11.6. The molecular formula is C26H21F2N7S. The third-order valence-electron chi connectivity index (χ3n) is 6.84. The van der Waals surface area contributed by atoms with Crippen molar-refractivity contribution in [2.75, 3.05) is 18.0 Å². The summed E-state index contributed by atoms with van der Waals surface area (Å²) in [6.45, 7) is 2.92. The summed E-state index contributed by atoms with van der Waals surface area (Å²) in [6, 6.07) is 11.8. The van der Waals surface area contributed by atoms with Gasteiger partial charge in [-0.05, 0) is 43.5 Å². The van der Waals surface area contributed by atoms with Crippen molar-refractivity contribution in [3.63, 3.8) is 0 Å². The molecule has 1 aliphatic heterocycles. The number of nitrogens with one attached hydrogen (secondary N) is 1. The second kappa shape index (κ2) is 8.33. The van der Waals surface area contributed by atoms with E-state index in [0.717, 1.165) is 32.4 Å². The molecule has 6 rings (SSSR count). The number of fused-ring (bicyclic) bond motifs is 2. The van der Waals surface area contributed by atoms with Crippen molar-refractivity contribution in [2.24, 2.45) is 5.73 Å². The largest absolute Gasteiger partial charge is 0.345 e. The molecule has 3 aromatic heterocycles. The van der Waals surface area contributed by atoms with Gasteiger partial charge in [0.15, 0.2) is 5.69 Å². The van der Waals surface area contributed by atoms with Crippen molar-refractivity contribution in [3.8, 4) is 17.2 Å². The normalized spacial score (nSPS) is 15.5. The number of aryl methyl sites for hydroxylation is 1. The van der Waals surface area contributed by atoms with E-state index in [1.807, 2.05) is 30.2 Å². The van der Waals surface area contributed by atoms with Gasteiger partial charge in [-0.15, -0.1) is 11.3 Å². The first-order valence-electron chi connectivity index (χ1n) is 11.5. The quantitative estimate of drug-likeness (QED) is 0.354. The summed E-state index contributed by atoms with van der Waals surface area (Å²) in [4.78, 5) is 18.9. The summed E-state index contributed by atoms with van der Waals surface area (Å²) < 4.78 is 28.8. The summed E-state index contributed by atoms with van der Waals surface area (Å²) in [6.07, 6.45) is 2.71. The zero-order chi connectivity index (χ0) is 25.0. The minimum atomic E-state index is -0.913. The van der Waals surface area contributed by atoms with Crippen LogP contribution in [0.2, 0.25) is 0 Å². The molecule has 0 amide bonds. The number of anilines is 1. The number of nitrogens with two attached hydrogens (primary N) is 1. The van der Waals surface area contributed by atoms with E-state index in [1.165, 1.54) is 12.1 Å². The number of nitrogens with zero attached hydrogens (tertiary/aromatic N) is 5. The van der Waals surface area contributed by atoms with Crippen LogP contribution in [0.1, 0.15) is 29.1 Å². The third kappa shape index (κ3) is 3.68. The monoisotopic (exact) mass is 501 g/mol. The molecule has 0 bridgehead atoms. The van der Waals surface area contributed by atoms with Crippen LogP contribution in [0, 0.1) is 29.9 Å². The van der Waals surface area contributed by atoms with Crippen LogP contribution in [0.25, 0.3) is 32.4 Å². The van der Waals surface area contributed by atoms with Crippen LogP contribution in [0.15, 0.2) is 42.6 Å². The van der Waals surface area contributed by atoms with E-state index >= 15 is 0 Å². The van der Waals surface area contributed by atoms with Gasteiger partial charge in [0.2, 0.25) is 5.95 Å². The number of nitriles is 1. The van der Waals surface area contributed by atoms with E-state index in [0.29, 0.717) is 48.5 Å². The first-order valence-corrected chi connectivity index (χ1v) is 12.3. The number of rotatable bonds is 3. The molecule has 0 atom stereocenters. The number of halogens is 2. The molecule has 2 aromatic carbocycles. The van der Waals surface area contributed by atoms with E-state index in [2.05, 4.69) is 27.1 Å². The minimum Gasteiger partial charge on any atom is -0.345 e. The molecule has 4 heterocycles. The van der Waals surface area contributed by atoms with Gasteiger partial charge in [0.1, 0.15) is 23.4 Å². The van der Waals surface area contributed by atoms with Gasteiger partial charge in [0.05, 0.1) is 20.6 Å². The number of benzene rings is 2. The molecule has 0 spiro atoms. The Morgan fingerprint density at radius 1 is 1.11 bits per heavy atom. The van der Waals surface area contributed by atoms with Crippen LogP contribution in [-0.4, -0.2) is 33.0 Å². The summed E-state index contributed by atoms with van der Waals surface area (Å²) in [5.41, 5.74) is 9.53. The zero-order valence-corrected chi connectivity index (χ0v) is 20.2. The van der Waals surface area contributed by atoms with Crippen molar-refractivity contribution in [3.05, 3.63) is 70.5 Å². The lowest BCUT2D eigenvalue weighted by molar-refractivity contribution is 0.327. The lowest BCUT2D eigenvalue weighted by atomic mass is 9.81. The Balaban J connectivity index is 1.32. The second-order valence-corrected chi connectivity index (χ2v) is 10.3. The van der Waals surface area contributed by atoms with Crippen LogP contribution < -0.4 is 10.6 Å². The van der Waals surface area contributed by atoms with Crippen LogP contribution >= 0.6 is 11.3 Å². The van der Waals surface area contributed by atoms with Gasteiger partial charge in [-0.2, -0.15) is 10.2 Å². The van der Waals surface area contributed by atoms with Gasteiger partial charge in [-0.3, -0.25) is 0 Å². The predicted molar refractivity (Wildman–Crippen MR) is 136 cm³/mol. The maximum Gasteiger partial charge on any atom is 0.228 e. The van der Waals surface area contributed by atoms with Gasteiger partial charge < -0.3 is 15.6 Å². The van der Waals surface area contributed by atoms with Crippen LogP contribution in [0.3, 0.4) is 0 Å². The van der Waals surface area contributed by atoms with Crippen LogP contribution in [-0.2, 0) is 5.54 Å². The summed E-state index contributed by atoms with van der Waals surface area (Å²) in [5.74, 6) is -0.848. The molecule has 10 heteroatoms. The Morgan fingerprint density at radius 3 is 2.67 bits per heavy atom. The Bertz CT molecular complexity index is 1680. The third-order valence-corrected chi connectivity index (χ3v) is 7.77. The van der Waals surface area contributed by atoms with Crippen molar-refractivity contribution in [1.29, 1.82) is 5.26 Å². The van der Waals surface area contributed by atoms with E-state index in [4.69, 9.17) is 10.7 Å². The zero-order valence-electron chi connectivity index (χ0n) is 19.3. The highest BCUT2D eigenvalue weighted by molar-refractivity contribution is 7.18. The lowest BCUT2D eigenvalue weighted by Crippen LogP contribution is -2.49. The number of piperidine rings is 1. The number of aromatic amines is 1. The van der Waals surface area contributed by atoms with E-state index in [-0.39, 0.29) is 5.69 Å². The molecule has 0 aliphatic carbocycles. The first-order chi connectivity index (χ1) is 17.3.